The summed E-state index contributed by atoms with van der Waals surface area (Å²) in [6.07, 6.45) is 7.40. The van der Waals surface area contributed by atoms with Crippen LogP contribution in [0.5, 0.6) is 0 Å². The third kappa shape index (κ3) is 4.04. The molecule has 0 aliphatic heterocycles. The maximum atomic E-state index is 13.3. The molecule has 9 heteroatoms. The first-order valence-electron chi connectivity index (χ1n) is 11.5. The minimum Gasteiger partial charge on any atom is -0.340 e. The van der Waals surface area contributed by atoms with Gasteiger partial charge in [0.2, 0.25) is 0 Å². The summed E-state index contributed by atoms with van der Waals surface area (Å²) < 4.78 is 27.6. The molecule has 5 aromatic rings. The average Bonchev–Trinajstić information content (AvgIpc) is 3.63. The minimum atomic E-state index is -3.57. The summed E-state index contributed by atoms with van der Waals surface area (Å²) in [5, 5.41) is 4.49. The third-order valence-corrected chi connectivity index (χ3v) is 9.54. The number of anilines is 2. The van der Waals surface area contributed by atoms with Gasteiger partial charge in [0.05, 0.1) is 42.0 Å². The van der Waals surface area contributed by atoms with Crippen molar-refractivity contribution in [2.24, 2.45) is 0 Å². The van der Waals surface area contributed by atoms with Crippen molar-refractivity contribution in [1.29, 1.82) is 0 Å². The van der Waals surface area contributed by atoms with Crippen molar-refractivity contribution >= 4 is 53.8 Å². The van der Waals surface area contributed by atoms with Crippen LogP contribution in [0.3, 0.4) is 0 Å². The Morgan fingerprint density at radius 1 is 1.03 bits per heavy atom. The molecule has 0 spiro atoms. The molecule has 0 radical (unpaired) electrons. The maximum absolute atomic E-state index is 13.3. The fourth-order valence-electron chi connectivity index (χ4n) is 4.05. The Balaban J connectivity index is 1.53. The maximum Gasteiger partial charge on any atom is 0.181 e. The van der Waals surface area contributed by atoms with Gasteiger partial charge in [-0.2, -0.15) is 0 Å². The lowest BCUT2D eigenvalue weighted by Crippen LogP contribution is -2.15. The summed E-state index contributed by atoms with van der Waals surface area (Å²) in [6, 6.07) is 13.1. The number of hydrogen-bond donors (Lipinski definition) is 1. The van der Waals surface area contributed by atoms with Crippen molar-refractivity contribution in [3.8, 4) is 11.3 Å². The summed E-state index contributed by atoms with van der Waals surface area (Å²) in [7, 11) is -3.57. The number of nitrogens with one attached hydrogen (secondary N) is 1. The number of rotatable bonds is 6. The van der Waals surface area contributed by atoms with Crippen LogP contribution in [0.1, 0.15) is 37.6 Å². The monoisotopic (exact) mass is 501 g/mol. The second-order valence-electron chi connectivity index (χ2n) is 9.03. The molecule has 0 unspecified atom stereocenters. The van der Waals surface area contributed by atoms with Crippen LogP contribution in [-0.2, 0) is 9.84 Å². The summed E-state index contributed by atoms with van der Waals surface area (Å²) in [6.45, 7) is 3.36. The van der Waals surface area contributed by atoms with Crippen molar-refractivity contribution in [1.82, 2.24) is 19.9 Å². The van der Waals surface area contributed by atoms with E-state index in [1.807, 2.05) is 30.3 Å². The molecule has 35 heavy (non-hydrogen) atoms. The van der Waals surface area contributed by atoms with E-state index in [0.717, 1.165) is 21.5 Å². The zero-order valence-electron chi connectivity index (χ0n) is 19.3. The van der Waals surface area contributed by atoms with Crippen molar-refractivity contribution < 1.29 is 8.42 Å². The van der Waals surface area contributed by atoms with Gasteiger partial charge in [0.25, 0.3) is 0 Å². The fraction of sp³-hybridized carbons (Fsp3) is 0.231. The molecule has 1 fully saturated rings. The number of thiazole rings is 1. The van der Waals surface area contributed by atoms with Gasteiger partial charge in [-0.25, -0.2) is 18.4 Å². The number of sulfone groups is 1. The van der Waals surface area contributed by atoms with Gasteiger partial charge in [0, 0.05) is 35.8 Å². The van der Waals surface area contributed by atoms with Crippen LogP contribution in [0.25, 0.3) is 32.4 Å². The Morgan fingerprint density at radius 2 is 1.89 bits per heavy atom. The van der Waals surface area contributed by atoms with Crippen LogP contribution in [0.15, 0.2) is 66.0 Å². The summed E-state index contributed by atoms with van der Waals surface area (Å²) in [5.74, 6) is 1.04. The van der Waals surface area contributed by atoms with E-state index in [0.29, 0.717) is 28.3 Å². The van der Waals surface area contributed by atoms with E-state index in [9.17, 15) is 8.42 Å². The average molecular weight is 502 g/mol. The van der Waals surface area contributed by atoms with Crippen LogP contribution in [0, 0.1) is 0 Å². The summed E-state index contributed by atoms with van der Waals surface area (Å²) >= 11 is 1.72. The van der Waals surface area contributed by atoms with Gasteiger partial charge in [-0.15, -0.1) is 11.3 Å². The zero-order chi connectivity index (χ0) is 24.2. The van der Waals surface area contributed by atoms with E-state index < -0.39 is 15.1 Å². The highest BCUT2D eigenvalue weighted by atomic mass is 32.2. The highest BCUT2D eigenvalue weighted by Gasteiger charge is 2.27. The third-order valence-electron chi connectivity index (χ3n) is 6.16. The lowest BCUT2D eigenvalue weighted by molar-refractivity contribution is 0.588. The Morgan fingerprint density at radius 3 is 2.63 bits per heavy atom. The lowest BCUT2D eigenvalue weighted by atomic mass is 10.1. The van der Waals surface area contributed by atoms with E-state index in [2.05, 4.69) is 21.4 Å². The molecule has 1 N–H and O–H groups in total. The molecule has 7 nitrogen and oxygen atoms in total. The van der Waals surface area contributed by atoms with Gasteiger partial charge in [0.15, 0.2) is 9.84 Å². The van der Waals surface area contributed by atoms with Crippen molar-refractivity contribution in [3.63, 3.8) is 0 Å². The summed E-state index contributed by atoms with van der Waals surface area (Å²) in [5.41, 5.74) is 3.84. The van der Waals surface area contributed by atoms with Gasteiger partial charge in [-0.1, -0.05) is 0 Å². The van der Waals surface area contributed by atoms with E-state index >= 15 is 0 Å². The minimum absolute atomic E-state index is 0.222. The van der Waals surface area contributed by atoms with Crippen LogP contribution >= 0.6 is 11.3 Å². The Bertz CT molecular complexity index is 1680. The Labute approximate surface area is 207 Å². The molecular weight excluding hydrogens is 478 g/mol. The molecule has 4 heterocycles. The normalized spacial score (nSPS) is 14.1. The molecule has 1 saturated carbocycles. The number of fused-ring (bicyclic) bond motifs is 2. The first-order chi connectivity index (χ1) is 16.9. The highest BCUT2D eigenvalue weighted by molar-refractivity contribution is 7.92. The van der Waals surface area contributed by atoms with E-state index in [1.54, 1.807) is 43.6 Å². The fourth-order valence-corrected chi connectivity index (χ4v) is 6.47. The van der Waals surface area contributed by atoms with Crippen LogP contribution in [0.4, 0.5) is 11.5 Å². The standard InChI is InChI=1S/C26H23N5O2S2/c1-15(2)35(32,33)23-9-11-28-21-13-20(17-4-3-10-27-14-17)30-25(24(21)23)29-18-7-8-19-22(12-18)34-26(31-19)16-5-6-16/h3-4,7-16H,5-6H2,1-2H3,(H,29,30). The van der Waals surface area contributed by atoms with Gasteiger partial charge < -0.3 is 5.32 Å². The SMILES string of the molecule is CC(C)S(=O)(=O)c1ccnc2cc(-c3cccnc3)nc(Nc3ccc4nc(C5CC5)sc4c3)c12. The predicted molar refractivity (Wildman–Crippen MR) is 140 cm³/mol. The molecule has 1 aliphatic carbocycles. The first-order valence-corrected chi connectivity index (χ1v) is 13.9. The molecule has 0 atom stereocenters. The van der Waals surface area contributed by atoms with Crippen LogP contribution in [-0.4, -0.2) is 33.6 Å². The second-order valence-corrected chi connectivity index (χ2v) is 12.6. The number of nitrogens with zero attached hydrogens (tertiary/aromatic N) is 4. The number of benzene rings is 1. The number of hydrogen-bond acceptors (Lipinski definition) is 8. The van der Waals surface area contributed by atoms with Crippen LogP contribution in [0.2, 0.25) is 0 Å². The van der Waals surface area contributed by atoms with Gasteiger partial charge in [0.1, 0.15) is 5.82 Å². The van der Waals surface area contributed by atoms with Crippen molar-refractivity contribution in [3.05, 3.63) is 66.1 Å². The molecule has 4 aromatic heterocycles. The van der Waals surface area contributed by atoms with Crippen LogP contribution < -0.4 is 5.32 Å². The molecule has 1 aliphatic rings. The topological polar surface area (TPSA) is 97.7 Å². The van der Waals surface area contributed by atoms with E-state index in [1.165, 1.54) is 24.0 Å². The molecule has 0 saturated heterocycles. The zero-order valence-corrected chi connectivity index (χ0v) is 20.9. The number of aromatic nitrogens is 4. The molecule has 6 rings (SSSR count). The first kappa shape index (κ1) is 22.1. The molecule has 176 valence electrons. The second kappa shape index (κ2) is 8.35. The van der Waals surface area contributed by atoms with Gasteiger partial charge in [-0.3, -0.25) is 9.97 Å². The molecular formula is C26H23N5O2S2. The van der Waals surface area contributed by atoms with E-state index in [-0.39, 0.29) is 4.90 Å². The quantitative estimate of drug-likeness (QED) is 0.300. The largest absolute Gasteiger partial charge is 0.340 e. The highest BCUT2D eigenvalue weighted by Crippen LogP contribution is 2.43. The predicted octanol–water partition coefficient (Wildman–Crippen LogP) is 6.10. The summed E-state index contributed by atoms with van der Waals surface area (Å²) in [4.78, 5) is 18.6. The van der Waals surface area contributed by atoms with Crippen molar-refractivity contribution in [2.45, 2.75) is 42.8 Å². The Hall–Kier alpha value is -3.43. The lowest BCUT2D eigenvalue weighted by Gasteiger charge is -2.16. The Kier molecular flexibility index (Phi) is 5.26. The molecule has 1 aromatic carbocycles. The molecule has 0 amide bonds. The molecule has 0 bridgehead atoms. The van der Waals surface area contributed by atoms with Gasteiger partial charge in [-0.05, 0) is 69.2 Å². The van der Waals surface area contributed by atoms with E-state index in [4.69, 9.17) is 9.97 Å². The number of pyridine rings is 3. The van der Waals surface area contributed by atoms with Crippen molar-refractivity contribution in [2.75, 3.05) is 5.32 Å². The smallest absolute Gasteiger partial charge is 0.181 e. The van der Waals surface area contributed by atoms with Gasteiger partial charge >= 0.3 is 0 Å².